The van der Waals surface area contributed by atoms with Gasteiger partial charge >= 0.3 is 0 Å². The highest BCUT2D eigenvalue weighted by molar-refractivity contribution is 6.41. The van der Waals surface area contributed by atoms with E-state index in [-0.39, 0.29) is 0 Å². The van der Waals surface area contributed by atoms with Crippen LogP contribution in [0.2, 0.25) is 0 Å². The van der Waals surface area contributed by atoms with Gasteiger partial charge in [-0.05, 0) is 99.7 Å². The zero-order chi connectivity index (χ0) is 26.8. The lowest BCUT2D eigenvalue weighted by atomic mass is 9.86. The number of hydrogen-bond donors (Lipinski definition) is 2. The van der Waals surface area contributed by atoms with E-state index >= 15 is 0 Å². The zero-order valence-electron chi connectivity index (χ0n) is 22.4. The first-order valence-electron chi connectivity index (χ1n) is 14.7. The second kappa shape index (κ2) is 6.48. The van der Waals surface area contributed by atoms with Crippen molar-refractivity contribution in [2.45, 2.75) is 0 Å². The minimum Gasteiger partial charge on any atom is -0.361 e. The van der Waals surface area contributed by atoms with Crippen molar-refractivity contribution in [2.75, 3.05) is 0 Å². The van der Waals surface area contributed by atoms with Gasteiger partial charge in [0.2, 0.25) is 0 Å². The highest BCUT2D eigenvalue weighted by Crippen LogP contribution is 2.49. The Balaban J connectivity index is 1.16. The van der Waals surface area contributed by atoms with Crippen LogP contribution in [0.3, 0.4) is 0 Å². The topological polar surface area (TPSA) is 31.6 Å². The Bertz CT molecular complexity index is 3040. The van der Waals surface area contributed by atoms with Crippen molar-refractivity contribution in [3.05, 3.63) is 109 Å². The number of nitrogens with one attached hydrogen (secondary N) is 2. The largest absolute Gasteiger partial charge is 0.361 e. The average Bonchev–Trinajstić information content (AvgIpc) is 3.61. The van der Waals surface area contributed by atoms with E-state index in [4.69, 9.17) is 0 Å². The number of rotatable bonds is 1. The first kappa shape index (κ1) is 20.3. The molecule has 0 saturated heterocycles. The molecule has 2 aromatic heterocycles. The molecular formula is C40H20N2. The van der Waals surface area contributed by atoms with Gasteiger partial charge in [0.25, 0.3) is 0 Å². The summed E-state index contributed by atoms with van der Waals surface area (Å²) in [6.45, 7) is 0. The van der Waals surface area contributed by atoms with Gasteiger partial charge in [-0.1, -0.05) is 78.9 Å². The molecule has 2 heteroatoms. The van der Waals surface area contributed by atoms with Gasteiger partial charge in [-0.15, -0.1) is 0 Å². The molecule has 0 saturated carbocycles. The standard InChI is InChI=1S/C40H20N2/c1-2-19-4-5-22-17-30-31-18-32(42-40(31)38(30)27-12-7-20(3-1)33(19)35(22)27)24-10-6-21-8-13-28-36-23(9-11-25(24)34(21)36)16-29-26-14-15-41-39(26)37(28)29/h1-18,41-42H. The van der Waals surface area contributed by atoms with Crippen molar-refractivity contribution in [1.29, 1.82) is 0 Å². The number of benzene rings is 8. The van der Waals surface area contributed by atoms with Crippen LogP contribution < -0.4 is 0 Å². The molecule has 0 aliphatic carbocycles. The predicted octanol–water partition coefficient (Wildman–Crippen LogP) is 11.3. The fraction of sp³-hybridized carbons (Fsp3) is 0. The third-order valence-corrected chi connectivity index (χ3v) is 10.4. The lowest BCUT2D eigenvalue weighted by molar-refractivity contribution is 1.48. The molecule has 0 aliphatic heterocycles. The van der Waals surface area contributed by atoms with Crippen LogP contribution in [0.4, 0.5) is 0 Å². The minimum atomic E-state index is 1.19. The van der Waals surface area contributed by atoms with Crippen molar-refractivity contribution in [2.24, 2.45) is 0 Å². The van der Waals surface area contributed by atoms with Crippen LogP contribution in [0.15, 0.2) is 109 Å². The van der Waals surface area contributed by atoms with Crippen LogP contribution in [-0.4, -0.2) is 9.97 Å². The van der Waals surface area contributed by atoms with Crippen molar-refractivity contribution < 1.29 is 0 Å². The first-order chi connectivity index (χ1) is 20.8. The maximum absolute atomic E-state index is 3.89. The van der Waals surface area contributed by atoms with Crippen molar-refractivity contribution >= 4 is 108 Å². The van der Waals surface area contributed by atoms with Gasteiger partial charge in [-0.2, -0.15) is 0 Å². The van der Waals surface area contributed by atoms with Gasteiger partial charge in [0.1, 0.15) is 0 Å². The average molecular weight is 529 g/mol. The first-order valence-corrected chi connectivity index (χ1v) is 14.7. The molecule has 2 heterocycles. The lowest BCUT2D eigenvalue weighted by Crippen LogP contribution is -1.91. The van der Waals surface area contributed by atoms with E-state index in [1.807, 2.05) is 0 Å². The second-order valence-corrected chi connectivity index (χ2v) is 12.2. The lowest BCUT2D eigenvalue weighted by Gasteiger charge is -2.17. The third kappa shape index (κ3) is 2.09. The molecule has 0 spiro atoms. The van der Waals surface area contributed by atoms with Crippen molar-refractivity contribution in [1.82, 2.24) is 9.97 Å². The van der Waals surface area contributed by atoms with Crippen LogP contribution in [0, 0.1) is 0 Å². The minimum absolute atomic E-state index is 1.19. The molecule has 0 fully saturated rings. The summed E-state index contributed by atoms with van der Waals surface area (Å²) in [5.74, 6) is 0. The Morgan fingerprint density at radius 3 is 1.79 bits per heavy atom. The fourth-order valence-corrected chi connectivity index (χ4v) is 8.57. The van der Waals surface area contributed by atoms with E-state index < -0.39 is 0 Å². The maximum Gasteiger partial charge on any atom is 0.0551 e. The number of aromatic nitrogens is 2. The molecule has 42 heavy (non-hydrogen) atoms. The third-order valence-electron chi connectivity index (χ3n) is 10.4. The molecular weight excluding hydrogens is 508 g/mol. The molecule has 0 aliphatic rings. The summed E-state index contributed by atoms with van der Waals surface area (Å²) in [6, 6.07) is 39.0. The van der Waals surface area contributed by atoms with Gasteiger partial charge in [-0.25, -0.2) is 0 Å². The summed E-state index contributed by atoms with van der Waals surface area (Å²) in [5.41, 5.74) is 5.00. The van der Waals surface area contributed by atoms with E-state index in [1.54, 1.807) is 0 Å². The van der Waals surface area contributed by atoms with E-state index in [1.165, 1.54) is 119 Å². The summed E-state index contributed by atoms with van der Waals surface area (Å²) < 4.78 is 0. The molecule has 0 amide bonds. The van der Waals surface area contributed by atoms with Crippen LogP contribution >= 0.6 is 0 Å². The Labute approximate surface area is 238 Å². The van der Waals surface area contributed by atoms with E-state index in [2.05, 4.69) is 119 Å². The zero-order valence-corrected chi connectivity index (χ0v) is 22.4. The van der Waals surface area contributed by atoms with Gasteiger partial charge < -0.3 is 9.97 Å². The molecule has 12 aromatic rings. The summed E-state index contributed by atoms with van der Waals surface area (Å²) >= 11 is 0. The number of hydrogen-bond acceptors (Lipinski definition) is 0. The molecule has 0 unspecified atom stereocenters. The Morgan fingerprint density at radius 1 is 0.357 bits per heavy atom. The quantitative estimate of drug-likeness (QED) is 0.199. The predicted molar refractivity (Wildman–Crippen MR) is 180 cm³/mol. The summed E-state index contributed by atoms with van der Waals surface area (Å²) in [4.78, 5) is 7.36. The van der Waals surface area contributed by atoms with Crippen molar-refractivity contribution in [3.8, 4) is 11.3 Å². The summed E-state index contributed by atoms with van der Waals surface area (Å²) in [7, 11) is 0. The molecule has 0 atom stereocenters. The smallest absolute Gasteiger partial charge is 0.0551 e. The summed E-state index contributed by atoms with van der Waals surface area (Å²) in [5, 5.41) is 24.2. The highest BCUT2D eigenvalue weighted by atomic mass is 14.7. The maximum atomic E-state index is 3.89. The monoisotopic (exact) mass is 528 g/mol. The molecule has 2 N–H and O–H groups in total. The summed E-state index contributed by atoms with van der Waals surface area (Å²) in [6.07, 6.45) is 2.06. The van der Waals surface area contributed by atoms with E-state index in [0.717, 1.165) is 0 Å². The van der Waals surface area contributed by atoms with Crippen molar-refractivity contribution in [3.63, 3.8) is 0 Å². The van der Waals surface area contributed by atoms with Crippen LogP contribution in [0.1, 0.15) is 0 Å². The fourth-order valence-electron chi connectivity index (χ4n) is 8.57. The Kier molecular flexibility index (Phi) is 3.13. The molecule has 2 nitrogen and oxygen atoms in total. The molecule has 0 radical (unpaired) electrons. The van der Waals surface area contributed by atoms with E-state index in [0.29, 0.717) is 0 Å². The number of aromatic amines is 2. The van der Waals surface area contributed by atoms with Gasteiger partial charge in [-0.3, -0.25) is 0 Å². The number of fused-ring (bicyclic) bond motifs is 10. The van der Waals surface area contributed by atoms with Gasteiger partial charge in [0.15, 0.2) is 0 Å². The normalized spacial score (nSPS) is 13.2. The van der Waals surface area contributed by atoms with Gasteiger partial charge in [0.05, 0.1) is 11.0 Å². The molecule has 0 bridgehead atoms. The Hall–Kier alpha value is -5.60. The Morgan fingerprint density at radius 2 is 0.952 bits per heavy atom. The molecule has 10 aromatic carbocycles. The molecule has 12 rings (SSSR count). The SMILES string of the molecule is c1cc2ccc3cc4c5cc(-c6ccc7ccc8c9c(cc%10ccc6c7c%108)c6cc[nH]c69)[nH]c5c4c4ccc(c1)c2c34. The second-order valence-electron chi connectivity index (χ2n) is 12.2. The number of H-pyrrole nitrogens is 2. The van der Waals surface area contributed by atoms with E-state index in [9.17, 15) is 0 Å². The van der Waals surface area contributed by atoms with Crippen LogP contribution in [0.5, 0.6) is 0 Å². The molecule has 190 valence electrons. The van der Waals surface area contributed by atoms with Gasteiger partial charge in [0, 0.05) is 39.0 Å². The van der Waals surface area contributed by atoms with Crippen LogP contribution in [-0.2, 0) is 0 Å². The van der Waals surface area contributed by atoms with Crippen LogP contribution in [0.25, 0.3) is 119 Å². The highest BCUT2D eigenvalue weighted by Gasteiger charge is 2.22.